The number of likely N-dealkylation sites (N-methyl/N-ethyl adjacent to an activating group) is 1. The first kappa shape index (κ1) is 18.4. The number of hydrogen-bond acceptors (Lipinski definition) is 3. The molecule has 1 fully saturated rings. The van der Waals surface area contributed by atoms with Crippen molar-refractivity contribution >= 4 is 11.8 Å². The lowest BCUT2D eigenvalue weighted by molar-refractivity contribution is -0.129. The Labute approximate surface area is 142 Å². The third kappa shape index (κ3) is 5.03. The van der Waals surface area contributed by atoms with Gasteiger partial charge in [0.05, 0.1) is 6.54 Å². The summed E-state index contributed by atoms with van der Waals surface area (Å²) < 4.78 is 13.6. The van der Waals surface area contributed by atoms with E-state index in [4.69, 9.17) is 0 Å². The van der Waals surface area contributed by atoms with Crippen LogP contribution < -0.4 is 5.32 Å². The molecule has 5 nitrogen and oxygen atoms in total. The van der Waals surface area contributed by atoms with Gasteiger partial charge in [-0.1, -0.05) is 18.2 Å². The number of carbonyl (C=O) groups excluding carboxylic acids is 2. The molecule has 1 aromatic rings. The molecule has 1 aliphatic heterocycles. The molecule has 132 valence electrons. The van der Waals surface area contributed by atoms with Gasteiger partial charge in [-0.15, -0.1) is 0 Å². The van der Waals surface area contributed by atoms with Crippen LogP contribution in [0.1, 0.15) is 25.8 Å². The Hall–Kier alpha value is -1.95. The molecule has 1 N–H and O–H groups in total. The van der Waals surface area contributed by atoms with Crippen molar-refractivity contribution in [1.82, 2.24) is 15.1 Å². The maximum Gasteiger partial charge on any atom is 0.234 e. The minimum Gasteiger partial charge on any atom is -0.355 e. The fourth-order valence-corrected chi connectivity index (χ4v) is 2.98. The number of amides is 2. The molecule has 0 bridgehead atoms. The maximum atomic E-state index is 13.6. The SMILES string of the molecule is CC(C)N1C[C@@H](CNC(=O)CN(C)Cc2ccccc2F)CC1=O. The summed E-state index contributed by atoms with van der Waals surface area (Å²) in [6.07, 6.45) is 0.490. The Kier molecular flexibility index (Phi) is 6.31. The molecular formula is C18H26FN3O2. The van der Waals surface area contributed by atoms with Crippen LogP contribution in [0.15, 0.2) is 24.3 Å². The van der Waals surface area contributed by atoms with Crippen molar-refractivity contribution < 1.29 is 14.0 Å². The van der Waals surface area contributed by atoms with E-state index in [2.05, 4.69) is 5.32 Å². The second kappa shape index (κ2) is 8.24. The second-order valence-electron chi connectivity index (χ2n) is 6.78. The van der Waals surface area contributed by atoms with Crippen LogP contribution in [0.4, 0.5) is 4.39 Å². The summed E-state index contributed by atoms with van der Waals surface area (Å²) in [5.74, 6) is -0.0473. The number of hydrogen-bond donors (Lipinski definition) is 1. The molecule has 0 aliphatic carbocycles. The van der Waals surface area contributed by atoms with Crippen molar-refractivity contribution in [2.45, 2.75) is 32.9 Å². The number of rotatable bonds is 7. The normalized spacial score (nSPS) is 17.8. The molecule has 1 saturated heterocycles. The van der Waals surface area contributed by atoms with Crippen molar-refractivity contribution in [3.05, 3.63) is 35.6 Å². The van der Waals surface area contributed by atoms with Gasteiger partial charge < -0.3 is 10.2 Å². The van der Waals surface area contributed by atoms with Crippen LogP contribution in [-0.4, -0.2) is 54.3 Å². The summed E-state index contributed by atoms with van der Waals surface area (Å²) in [5.41, 5.74) is 0.571. The first-order valence-corrected chi connectivity index (χ1v) is 8.35. The molecule has 2 rings (SSSR count). The van der Waals surface area contributed by atoms with E-state index >= 15 is 0 Å². The van der Waals surface area contributed by atoms with E-state index in [9.17, 15) is 14.0 Å². The van der Waals surface area contributed by atoms with Gasteiger partial charge in [-0.2, -0.15) is 0 Å². The second-order valence-corrected chi connectivity index (χ2v) is 6.78. The Morgan fingerprint density at radius 3 is 2.75 bits per heavy atom. The Morgan fingerprint density at radius 1 is 1.42 bits per heavy atom. The smallest absolute Gasteiger partial charge is 0.234 e. The molecule has 0 radical (unpaired) electrons. The monoisotopic (exact) mass is 335 g/mol. The van der Waals surface area contributed by atoms with E-state index in [0.717, 1.165) is 0 Å². The number of likely N-dealkylation sites (tertiary alicyclic amines) is 1. The van der Waals surface area contributed by atoms with Gasteiger partial charge in [-0.25, -0.2) is 4.39 Å². The summed E-state index contributed by atoms with van der Waals surface area (Å²) in [6.45, 7) is 5.77. The van der Waals surface area contributed by atoms with E-state index in [1.54, 1.807) is 30.1 Å². The lowest BCUT2D eigenvalue weighted by atomic mass is 10.1. The third-order valence-corrected chi connectivity index (χ3v) is 4.26. The minimum atomic E-state index is -0.261. The minimum absolute atomic E-state index is 0.107. The summed E-state index contributed by atoms with van der Waals surface area (Å²) in [7, 11) is 1.78. The van der Waals surface area contributed by atoms with Crippen LogP contribution in [-0.2, 0) is 16.1 Å². The van der Waals surface area contributed by atoms with E-state index in [-0.39, 0.29) is 36.1 Å². The highest BCUT2D eigenvalue weighted by molar-refractivity contribution is 5.80. The first-order chi connectivity index (χ1) is 11.4. The number of benzene rings is 1. The predicted octanol–water partition coefficient (Wildman–Crippen LogP) is 1.63. The summed E-state index contributed by atoms with van der Waals surface area (Å²) in [4.78, 5) is 27.5. The topological polar surface area (TPSA) is 52.7 Å². The van der Waals surface area contributed by atoms with Gasteiger partial charge in [0.25, 0.3) is 0 Å². The van der Waals surface area contributed by atoms with Gasteiger partial charge >= 0.3 is 0 Å². The average molecular weight is 335 g/mol. The fraction of sp³-hybridized carbons (Fsp3) is 0.556. The lowest BCUT2D eigenvalue weighted by Crippen LogP contribution is -2.38. The van der Waals surface area contributed by atoms with Crippen LogP contribution in [0.2, 0.25) is 0 Å². The number of nitrogens with zero attached hydrogens (tertiary/aromatic N) is 2. The van der Waals surface area contributed by atoms with E-state index < -0.39 is 0 Å². The van der Waals surface area contributed by atoms with Crippen molar-refractivity contribution in [3.63, 3.8) is 0 Å². The zero-order valence-electron chi connectivity index (χ0n) is 14.6. The molecule has 6 heteroatoms. The maximum absolute atomic E-state index is 13.6. The lowest BCUT2D eigenvalue weighted by Gasteiger charge is -2.21. The molecule has 0 saturated carbocycles. The van der Waals surface area contributed by atoms with E-state index in [0.29, 0.717) is 31.6 Å². The highest BCUT2D eigenvalue weighted by Crippen LogP contribution is 2.19. The number of carbonyl (C=O) groups is 2. The Balaban J connectivity index is 1.74. The standard InChI is InChI=1S/C18H26FN3O2/c1-13(2)22-10-14(8-18(22)24)9-20-17(23)12-21(3)11-15-6-4-5-7-16(15)19/h4-7,13-14H,8-12H2,1-3H3,(H,20,23)/t14-/m1/s1. The Morgan fingerprint density at radius 2 is 2.12 bits per heavy atom. The summed E-state index contributed by atoms with van der Waals surface area (Å²) >= 11 is 0. The molecule has 0 unspecified atom stereocenters. The summed E-state index contributed by atoms with van der Waals surface area (Å²) in [6, 6.07) is 6.76. The summed E-state index contributed by atoms with van der Waals surface area (Å²) in [5, 5.41) is 2.88. The largest absolute Gasteiger partial charge is 0.355 e. The highest BCUT2D eigenvalue weighted by Gasteiger charge is 2.31. The van der Waals surface area contributed by atoms with Crippen LogP contribution >= 0.6 is 0 Å². The van der Waals surface area contributed by atoms with E-state index in [1.807, 2.05) is 18.7 Å². The molecule has 1 atom stereocenters. The van der Waals surface area contributed by atoms with Crippen molar-refractivity contribution in [2.75, 3.05) is 26.7 Å². The van der Waals surface area contributed by atoms with Gasteiger partial charge in [-0.05, 0) is 27.0 Å². The molecule has 24 heavy (non-hydrogen) atoms. The molecular weight excluding hydrogens is 309 g/mol. The number of nitrogens with one attached hydrogen (secondary N) is 1. The third-order valence-electron chi connectivity index (χ3n) is 4.26. The molecule has 1 aliphatic rings. The van der Waals surface area contributed by atoms with Crippen LogP contribution in [0.5, 0.6) is 0 Å². The molecule has 0 spiro atoms. The fourth-order valence-electron chi connectivity index (χ4n) is 2.98. The van der Waals surface area contributed by atoms with Gasteiger partial charge in [0.1, 0.15) is 5.82 Å². The molecule has 2 amide bonds. The highest BCUT2D eigenvalue weighted by atomic mass is 19.1. The van der Waals surface area contributed by atoms with Gasteiger partial charge in [0, 0.05) is 43.6 Å². The molecule has 0 aromatic heterocycles. The van der Waals surface area contributed by atoms with Gasteiger partial charge in [-0.3, -0.25) is 14.5 Å². The van der Waals surface area contributed by atoms with Gasteiger partial charge in [0.2, 0.25) is 11.8 Å². The van der Waals surface area contributed by atoms with Crippen molar-refractivity contribution in [1.29, 1.82) is 0 Å². The van der Waals surface area contributed by atoms with E-state index in [1.165, 1.54) is 6.07 Å². The Bertz CT molecular complexity index is 591. The zero-order valence-corrected chi connectivity index (χ0v) is 14.6. The molecule has 1 heterocycles. The van der Waals surface area contributed by atoms with Crippen LogP contribution in [0.3, 0.4) is 0 Å². The van der Waals surface area contributed by atoms with Crippen LogP contribution in [0, 0.1) is 11.7 Å². The zero-order chi connectivity index (χ0) is 17.7. The number of halogens is 1. The van der Waals surface area contributed by atoms with Crippen molar-refractivity contribution in [3.8, 4) is 0 Å². The van der Waals surface area contributed by atoms with Crippen molar-refractivity contribution in [2.24, 2.45) is 5.92 Å². The van der Waals surface area contributed by atoms with Gasteiger partial charge in [0.15, 0.2) is 0 Å². The molecule has 1 aromatic carbocycles. The predicted molar refractivity (Wildman–Crippen MR) is 90.7 cm³/mol. The quantitative estimate of drug-likeness (QED) is 0.824. The first-order valence-electron chi connectivity index (χ1n) is 8.35. The van der Waals surface area contributed by atoms with Crippen LogP contribution in [0.25, 0.3) is 0 Å². The average Bonchev–Trinajstić information content (AvgIpc) is 2.89.